The molecule has 1 amide bonds. The van der Waals surface area contributed by atoms with Gasteiger partial charge in [0.2, 0.25) is 0 Å². The highest BCUT2D eigenvalue weighted by Gasteiger charge is 2.19. The number of para-hydroxylation sites is 2. The first kappa shape index (κ1) is 29.4. The van der Waals surface area contributed by atoms with Crippen molar-refractivity contribution in [1.29, 1.82) is 0 Å². The third-order valence-electron chi connectivity index (χ3n) is 7.85. The zero-order valence-electron chi connectivity index (χ0n) is 25.2. The molecule has 0 atom stereocenters. The summed E-state index contributed by atoms with van der Waals surface area (Å²) in [6.45, 7) is 5.39. The second-order valence-corrected chi connectivity index (χ2v) is 12.1. The number of hydrogen-bond donors (Lipinski definition) is 2. The smallest absolute Gasteiger partial charge is 0.265 e. The number of thiophene rings is 1. The average molecular weight is 609 g/mol. The lowest BCUT2D eigenvalue weighted by atomic mass is 9.98. The maximum absolute atomic E-state index is 12.7. The molecule has 1 aliphatic heterocycles. The number of nitrogens with zero attached hydrogens (tertiary/aromatic N) is 4. The van der Waals surface area contributed by atoms with Gasteiger partial charge in [-0.1, -0.05) is 29.5 Å². The van der Waals surface area contributed by atoms with Crippen LogP contribution in [0.4, 0.5) is 11.4 Å². The molecule has 2 aromatic heterocycles. The lowest BCUT2D eigenvalue weighted by Crippen LogP contribution is -2.32. The molecule has 226 valence electrons. The van der Waals surface area contributed by atoms with Gasteiger partial charge in [-0.05, 0) is 85.0 Å². The molecule has 0 spiro atoms. The number of rotatable bonds is 11. The van der Waals surface area contributed by atoms with E-state index in [1.54, 1.807) is 18.9 Å². The van der Waals surface area contributed by atoms with Crippen molar-refractivity contribution in [3.63, 3.8) is 0 Å². The molecule has 9 nitrogen and oxygen atoms in total. The van der Waals surface area contributed by atoms with Crippen molar-refractivity contribution in [2.75, 3.05) is 37.9 Å². The fourth-order valence-electron chi connectivity index (χ4n) is 5.41. The minimum atomic E-state index is -0.116. The number of aromatic nitrogens is 3. The molecule has 0 radical (unpaired) electrons. The fraction of sp³-hybridized carbons (Fsp3) is 0.265. The largest absolute Gasteiger partial charge is 0.493 e. The number of fused-ring (bicyclic) bond motifs is 1. The minimum absolute atomic E-state index is 0.116. The molecule has 44 heavy (non-hydrogen) atoms. The molecule has 0 saturated heterocycles. The first-order valence-electron chi connectivity index (χ1n) is 14.7. The Morgan fingerprint density at radius 2 is 1.70 bits per heavy atom. The van der Waals surface area contributed by atoms with Crippen LogP contribution in [-0.2, 0) is 25.9 Å². The SMILES string of the molecule is COc1cc2c(cc1OC)CN(CCc1ccc(-n3cc(CNc4ccccc4NC(=O)c4ccc(C)s4)nn3)cc1)CC2. The van der Waals surface area contributed by atoms with E-state index in [2.05, 4.69) is 62.2 Å². The Balaban J connectivity index is 1.02. The summed E-state index contributed by atoms with van der Waals surface area (Å²) < 4.78 is 12.8. The van der Waals surface area contributed by atoms with E-state index in [1.807, 2.05) is 49.5 Å². The highest BCUT2D eigenvalue weighted by molar-refractivity contribution is 7.14. The Morgan fingerprint density at radius 3 is 2.43 bits per heavy atom. The Labute approximate surface area is 261 Å². The van der Waals surface area contributed by atoms with Crippen molar-refractivity contribution in [2.24, 2.45) is 0 Å². The molecule has 3 heterocycles. The van der Waals surface area contributed by atoms with Gasteiger partial charge in [-0.15, -0.1) is 16.4 Å². The maximum atomic E-state index is 12.7. The molecule has 1 aliphatic rings. The fourth-order valence-corrected chi connectivity index (χ4v) is 6.18. The predicted molar refractivity (Wildman–Crippen MR) is 174 cm³/mol. The van der Waals surface area contributed by atoms with Gasteiger partial charge in [0.05, 0.1) is 48.9 Å². The third kappa shape index (κ3) is 6.77. The van der Waals surface area contributed by atoms with Gasteiger partial charge in [0, 0.05) is 24.5 Å². The van der Waals surface area contributed by atoms with Gasteiger partial charge in [0.1, 0.15) is 5.69 Å². The van der Waals surface area contributed by atoms with Gasteiger partial charge in [-0.3, -0.25) is 9.69 Å². The molecular formula is C34H36N6O3S. The second-order valence-electron chi connectivity index (χ2n) is 10.8. The van der Waals surface area contributed by atoms with E-state index in [1.165, 1.54) is 28.0 Å². The van der Waals surface area contributed by atoms with Crippen LogP contribution in [0.25, 0.3) is 5.69 Å². The monoisotopic (exact) mass is 608 g/mol. The Hall–Kier alpha value is -4.67. The summed E-state index contributed by atoms with van der Waals surface area (Å²) in [5.74, 6) is 1.47. The van der Waals surface area contributed by atoms with Crippen LogP contribution in [0.3, 0.4) is 0 Å². The highest BCUT2D eigenvalue weighted by atomic mass is 32.1. The van der Waals surface area contributed by atoms with Crippen molar-refractivity contribution in [3.8, 4) is 17.2 Å². The molecule has 0 fully saturated rings. The van der Waals surface area contributed by atoms with Crippen LogP contribution in [0.1, 0.15) is 36.9 Å². The second kappa shape index (κ2) is 13.3. The van der Waals surface area contributed by atoms with Crippen LogP contribution in [0, 0.1) is 6.92 Å². The Bertz CT molecular complexity index is 1750. The van der Waals surface area contributed by atoms with Crippen LogP contribution in [0.2, 0.25) is 0 Å². The highest BCUT2D eigenvalue weighted by Crippen LogP contribution is 2.33. The minimum Gasteiger partial charge on any atom is -0.493 e. The number of aryl methyl sites for hydroxylation is 1. The number of anilines is 2. The van der Waals surface area contributed by atoms with E-state index >= 15 is 0 Å². The van der Waals surface area contributed by atoms with E-state index in [0.29, 0.717) is 11.4 Å². The molecular weight excluding hydrogens is 572 g/mol. The number of ether oxygens (including phenoxy) is 2. The number of benzene rings is 3. The zero-order chi connectivity index (χ0) is 30.5. The first-order valence-corrected chi connectivity index (χ1v) is 15.5. The molecule has 5 aromatic rings. The lowest BCUT2D eigenvalue weighted by molar-refractivity contribution is 0.103. The van der Waals surface area contributed by atoms with Gasteiger partial charge >= 0.3 is 0 Å². The lowest BCUT2D eigenvalue weighted by Gasteiger charge is -2.29. The Kier molecular flexibility index (Phi) is 8.90. The van der Waals surface area contributed by atoms with E-state index in [0.717, 1.165) is 71.6 Å². The number of methoxy groups -OCH3 is 2. The molecule has 0 bridgehead atoms. The van der Waals surface area contributed by atoms with Gasteiger partial charge < -0.3 is 20.1 Å². The van der Waals surface area contributed by atoms with Crippen molar-refractivity contribution < 1.29 is 14.3 Å². The number of carbonyl (C=O) groups is 1. The number of hydrogen-bond acceptors (Lipinski definition) is 8. The van der Waals surface area contributed by atoms with Gasteiger partial charge in [-0.25, -0.2) is 4.68 Å². The van der Waals surface area contributed by atoms with Gasteiger partial charge in [0.15, 0.2) is 11.5 Å². The van der Waals surface area contributed by atoms with E-state index in [9.17, 15) is 4.79 Å². The number of amides is 1. The average Bonchev–Trinajstić information content (AvgIpc) is 3.72. The van der Waals surface area contributed by atoms with Crippen LogP contribution in [0.15, 0.2) is 79.0 Å². The molecule has 0 unspecified atom stereocenters. The third-order valence-corrected chi connectivity index (χ3v) is 8.85. The first-order chi connectivity index (χ1) is 21.5. The maximum Gasteiger partial charge on any atom is 0.265 e. The molecule has 0 aliphatic carbocycles. The quantitative estimate of drug-likeness (QED) is 0.187. The molecule has 0 saturated carbocycles. The molecule has 6 rings (SSSR count). The van der Waals surface area contributed by atoms with E-state index in [-0.39, 0.29) is 5.91 Å². The van der Waals surface area contributed by atoms with Crippen molar-refractivity contribution >= 4 is 28.6 Å². The summed E-state index contributed by atoms with van der Waals surface area (Å²) in [4.78, 5) is 17.0. The van der Waals surface area contributed by atoms with E-state index < -0.39 is 0 Å². The van der Waals surface area contributed by atoms with Crippen molar-refractivity contribution in [2.45, 2.75) is 32.9 Å². The predicted octanol–water partition coefficient (Wildman–Crippen LogP) is 6.12. The normalized spacial score (nSPS) is 12.9. The van der Waals surface area contributed by atoms with Crippen LogP contribution in [-0.4, -0.2) is 53.1 Å². The number of nitrogens with one attached hydrogen (secondary N) is 2. The standard InChI is InChI=1S/C34H36N6O3S/c1-23-8-13-33(44-23)34(41)36-30-7-5-4-6-29(30)35-20-27-22-40(38-37-27)28-11-9-24(10-12-28)14-16-39-17-15-25-18-31(42-2)32(43-3)19-26(25)21-39/h4-13,18-19,22,35H,14-17,20-21H2,1-3H3,(H,36,41). The summed E-state index contributed by atoms with van der Waals surface area (Å²) in [5, 5.41) is 15.1. The Morgan fingerprint density at radius 1 is 0.955 bits per heavy atom. The molecule has 2 N–H and O–H groups in total. The molecule has 10 heteroatoms. The van der Waals surface area contributed by atoms with Crippen molar-refractivity contribution in [1.82, 2.24) is 19.9 Å². The van der Waals surface area contributed by atoms with Crippen molar-refractivity contribution in [3.05, 3.63) is 111 Å². The van der Waals surface area contributed by atoms with Crippen LogP contribution in [0.5, 0.6) is 11.5 Å². The zero-order valence-corrected chi connectivity index (χ0v) is 26.0. The van der Waals surface area contributed by atoms with Gasteiger partial charge in [-0.2, -0.15) is 0 Å². The summed E-state index contributed by atoms with van der Waals surface area (Å²) in [6.07, 6.45) is 3.90. The van der Waals surface area contributed by atoms with Crippen LogP contribution < -0.4 is 20.1 Å². The summed E-state index contributed by atoms with van der Waals surface area (Å²) in [5.41, 5.74) is 7.23. The number of carbonyl (C=O) groups excluding carboxylic acids is 1. The topological polar surface area (TPSA) is 93.5 Å². The summed E-state index contributed by atoms with van der Waals surface area (Å²) in [6, 6.07) is 24.2. The van der Waals surface area contributed by atoms with Gasteiger partial charge in [0.25, 0.3) is 5.91 Å². The summed E-state index contributed by atoms with van der Waals surface area (Å²) in [7, 11) is 3.37. The van der Waals surface area contributed by atoms with E-state index in [4.69, 9.17) is 9.47 Å². The molecule has 3 aromatic carbocycles. The summed E-state index contributed by atoms with van der Waals surface area (Å²) >= 11 is 1.48. The van der Waals surface area contributed by atoms with Crippen LogP contribution >= 0.6 is 11.3 Å².